The summed E-state index contributed by atoms with van der Waals surface area (Å²) in [5, 5.41) is 2.06. The second-order valence-electron chi connectivity index (χ2n) is 8.50. The van der Waals surface area contributed by atoms with Gasteiger partial charge in [0.05, 0.1) is 12.1 Å². The topological polar surface area (TPSA) is 20.3 Å². The fourth-order valence-corrected chi connectivity index (χ4v) is 4.73. The molecule has 0 bridgehead atoms. The molecule has 5 heteroatoms. The monoisotopic (exact) mass is 445 g/mol. The maximum absolute atomic E-state index is 13.4. The van der Waals surface area contributed by atoms with Crippen molar-refractivity contribution in [2.75, 3.05) is 4.90 Å². The number of hydrogen-bond acceptors (Lipinski definition) is 1. The van der Waals surface area contributed by atoms with Crippen molar-refractivity contribution in [2.45, 2.75) is 32.0 Å². The maximum atomic E-state index is 13.4. The SMILES string of the molecule is Cc1ccccc1CN1C(=O)CC(c2ccc(C(F)(F)F)cc2)c2c1ccc1ccccc21. The second kappa shape index (κ2) is 8.07. The van der Waals surface area contributed by atoms with Gasteiger partial charge >= 0.3 is 6.18 Å². The number of nitrogens with zero attached hydrogens (tertiary/aromatic N) is 1. The summed E-state index contributed by atoms with van der Waals surface area (Å²) in [6, 6.07) is 25.1. The van der Waals surface area contributed by atoms with Crippen molar-refractivity contribution in [3.8, 4) is 0 Å². The number of carbonyl (C=O) groups excluding carboxylic acids is 1. The van der Waals surface area contributed by atoms with Crippen molar-refractivity contribution in [1.29, 1.82) is 0 Å². The molecule has 4 aromatic carbocycles. The summed E-state index contributed by atoms with van der Waals surface area (Å²) in [6.45, 7) is 2.48. The predicted molar refractivity (Wildman–Crippen MR) is 124 cm³/mol. The highest BCUT2D eigenvalue weighted by atomic mass is 19.4. The Morgan fingerprint density at radius 2 is 1.58 bits per heavy atom. The quantitative estimate of drug-likeness (QED) is 0.326. The first kappa shape index (κ1) is 21.3. The van der Waals surface area contributed by atoms with Gasteiger partial charge in [0.2, 0.25) is 5.91 Å². The van der Waals surface area contributed by atoms with Gasteiger partial charge < -0.3 is 4.90 Å². The molecule has 5 rings (SSSR count). The minimum atomic E-state index is -4.39. The zero-order chi connectivity index (χ0) is 23.2. The van der Waals surface area contributed by atoms with Crippen molar-refractivity contribution in [3.05, 3.63) is 113 Å². The molecule has 1 aliphatic rings. The van der Waals surface area contributed by atoms with Gasteiger partial charge in [-0.2, -0.15) is 13.2 Å². The number of anilines is 1. The summed E-state index contributed by atoms with van der Waals surface area (Å²) in [6.07, 6.45) is -4.19. The standard InChI is InChI=1S/C28H22F3NO/c1-18-6-2-3-8-21(18)17-32-25-15-12-19-7-4-5-9-23(19)27(25)24(16-26(32)33)20-10-13-22(14-11-20)28(29,30)31/h2-15,24H,16-17H2,1H3. The van der Waals surface area contributed by atoms with Gasteiger partial charge in [0, 0.05) is 18.0 Å². The molecule has 1 amide bonds. The highest BCUT2D eigenvalue weighted by Gasteiger charge is 2.35. The van der Waals surface area contributed by atoms with Gasteiger partial charge in [0.25, 0.3) is 0 Å². The third kappa shape index (κ3) is 3.88. The Morgan fingerprint density at radius 3 is 2.30 bits per heavy atom. The number of alkyl halides is 3. The van der Waals surface area contributed by atoms with Crippen LogP contribution in [-0.4, -0.2) is 5.91 Å². The van der Waals surface area contributed by atoms with Gasteiger partial charge in [-0.15, -0.1) is 0 Å². The van der Waals surface area contributed by atoms with E-state index < -0.39 is 11.7 Å². The lowest BCUT2D eigenvalue weighted by Crippen LogP contribution is -2.36. The van der Waals surface area contributed by atoms with Gasteiger partial charge in [-0.1, -0.05) is 66.7 Å². The Hall–Kier alpha value is -3.60. The normalized spacial score (nSPS) is 16.2. The molecular formula is C28H22F3NO. The van der Waals surface area contributed by atoms with Crippen molar-refractivity contribution < 1.29 is 18.0 Å². The van der Waals surface area contributed by atoms with Crippen LogP contribution in [0.15, 0.2) is 84.9 Å². The Labute approximate surface area is 190 Å². The van der Waals surface area contributed by atoms with Gasteiger partial charge in [0.1, 0.15) is 0 Å². The van der Waals surface area contributed by atoms with Crippen LogP contribution in [0.25, 0.3) is 10.8 Å². The molecule has 1 aliphatic heterocycles. The molecule has 0 spiro atoms. The van der Waals surface area contributed by atoms with E-state index in [4.69, 9.17) is 0 Å². The second-order valence-corrected chi connectivity index (χ2v) is 8.50. The van der Waals surface area contributed by atoms with E-state index >= 15 is 0 Å². The molecule has 0 N–H and O–H groups in total. The van der Waals surface area contributed by atoms with E-state index in [1.54, 1.807) is 0 Å². The summed E-state index contributed by atoms with van der Waals surface area (Å²) in [7, 11) is 0. The van der Waals surface area contributed by atoms with Crippen LogP contribution in [0, 0.1) is 6.92 Å². The van der Waals surface area contributed by atoms with Crippen LogP contribution in [0.5, 0.6) is 0 Å². The lowest BCUT2D eigenvalue weighted by atomic mass is 9.81. The third-order valence-electron chi connectivity index (χ3n) is 6.50. The lowest BCUT2D eigenvalue weighted by molar-refractivity contribution is -0.137. The van der Waals surface area contributed by atoms with Crippen molar-refractivity contribution in [1.82, 2.24) is 0 Å². The van der Waals surface area contributed by atoms with Crippen LogP contribution < -0.4 is 4.90 Å². The summed E-state index contributed by atoms with van der Waals surface area (Å²) < 4.78 is 39.3. The first-order valence-electron chi connectivity index (χ1n) is 10.9. The molecule has 1 atom stereocenters. The van der Waals surface area contributed by atoms with E-state index in [0.29, 0.717) is 12.1 Å². The number of benzene rings is 4. The Bertz CT molecular complexity index is 1340. The van der Waals surface area contributed by atoms with Crippen LogP contribution in [0.4, 0.5) is 18.9 Å². The molecule has 166 valence electrons. The summed E-state index contributed by atoms with van der Waals surface area (Å²) in [5.41, 5.74) is 4.01. The maximum Gasteiger partial charge on any atom is 0.416 e. The summed E-state index contributed by atoms with van der Waals surface area (Å²) in [4.78, 5) is 15.2. The van der Waals surface area contributed by atoms with E-state index in [9.17, 15) is 18.0 Å². The molecule has 0 radical (unpaired) electrons. The van der Waals surface area contributed by atoms with Crippen LogP contribution in [0.1, 0.15) is 40.2 Å². The molecule has 0 aliphatic carbocycles. The third-order valence-corrected chi connectivity index (χ3v) is 6.50. The number of halogens is 3. The van der Waals surface area contributed by atoms with E-state index in [2.05, 4.69) is 0 Å². The summed E-state index contributed by atoms with van der Waals surface area (Å²) in [5.74, 6) is -0.347. The number of fused-ring (bicyclic) bond motifs is 3. The molecule has 0 fully saturated rings. The van der Waals surface area contributed by atoms with Crippen molar-refractivity contribution in [2.24, 2.45) is 0 Å². The molecule has 0 saturated carbocycles. The fourth-order valence-electron chi connectivity index (χ4n) is 4.73. The highest BCUT2D eigenvalue weighted by molar-refractivity contribution is 6.03. The Balaban J connectivity index is 1.65. The molecule has 33 heavy (non-hydrogen) atoms. The molecule has 1 unspecified atom stereocenters. The van der Waals surface area contributed by atoms with Crippen LogP contribution >= 0.6 is 0 Å². The van der Waals surface area contributed by atoms with Gasteiger partial charge in [-0.3, -0.25) is 4.79 Å². The van der Waals surface area contributed by atoms with E-state index in [1.165, 1.54) is 12.1 Å². The Kier molecular flexibility index (Phi) is 5.20. The van der Waals surface area contributed by atoms with Crippen molar-refractivity contribution >= 4 is 22.4 Å². The molecular weight excluding hydrogens is 423 g/mol. The number of aryl methyl sites for hydroxylation is 1. The smallest absolute Gasteiger partial charge is 0.308 e. The van der Waals surface area contributed by atoms with E-state index in [-0.39, 0.29) is 18.2 Å². The molecule has 4 aromatic rings. The zero-order valence-corrected chi connectivity index (χ0v) is 18.1. The van der Waals surface area contributed by atoms with E-state index in [1.807, 2.05) is 72.5 Å². The number of hydrogen-bond donors (Lipinski definition) is 0. The largest absolute Gasteiger partial charge is 0.416 e. The number of amides is 1. The highest BCUT2D eigenvalue weighted by Crippen LogP contribution is 2.45. The van der Waals surface area contributed by atoms with Gasteiger partial charge in [-0.05, 0) is 58.1 Å². The number of rotatable bonds is 3. The number of carbonyl (C=O) groups is 1. The van der Waals surface area contributed by atoms with E-state index in [0.717, 1.165) is 45.3 Å². The minimum absolute atomic E-state index is 0.0362. The Morgan fingerprint density at radius 1 is 0.879 bits per heavy atom. The van der Waals surface area contributed by atoms with Crippen molar-refractivity contribution in [3.63, 3.8) is 0 Å². The average molecular weight is 445 g/mol. The van der Waals surface area contributed by atoms with Crippen LogP contribution in [0.3, 0.4) is 0 Å². The molecule has 0 saturated heterocycles. The van der Waals surface area contributed by atoms with Crippen LogP contribution in [-0.2, 0) is 17.5 Å². The fraction of sp³-hybridized carbons (Fsp3) is 0.179. The average Bonchev–Trinajstić information content (AvgIpc) is 2.81. The zero-order valence-electron chi connectivity index (χ0n) is 18.1. The summed E-state index contributed by atoms with van der Waals surface area (Å²) >= 11 is 0. The van der Waals surface area contributed by atoms with Crippen LogP contribution in [0.2, 0.25) is 0 Å². The predicted octanol–water partition coefficient (Wildman–Crippen LogP) is 7.24. The first-order valence-corrected chi connectivity index (χ1v) is 10.9. The van der Waals surface area contributed by atoms with Gasteiger partial charge in [0.15, 0.2) is 0 Å². The molecule has 1 heterocycles. The first-order chi connectivity index (χ1) is 15.8. The lowest BCUT2D eigenvalue weighted by Gasteiger charge is -2.36. The minimum Gasteiger partial charge on any atom is -0.308 e. The molecule has 0 aromatic heterocycles. The molecule has 2 nitrogen and oxygen atoms in total. The van der Waals surface area contributed by atoms with Gasteiger partial charge in [-0.25, -0.2) is 0 Å².